The fourth-order valence-electron chi connectivity index (χ4n) is 1.80. The molecule has 17 heavy (non-hydrogen) atoms. The third-order valence-electron chi connectivity index (χ3n) is 2.41. The SMILES string of the molecule is O=[N+]([O-])O.c1ccc2c(c1)[nH]c1ccccc12. The van der Waals surface area contributed by atoms with E-state index in [9.17, 15) is 0 Å². The molecule has 0 saturated heterocycles. The summed E-state index contributed by atoms with van der Waals surface area (Å²) in [5.74, 6) is 0. The van der Waals surface area contributed by atoms with Crippen LogP contribution in [-0.4, -0.2) is 15.3 Å². The molecular formula is C12H10N2O3. The Morgan fingerprint density at radius 2 is 1.29 bits per heavy atom. The van der Waals surface area contributed by atoms with Gasteiger partial charge in [0.2, 0.25) is 0 Å². The number of para-hydroxylation sites is 2. The first-order chi connectivity index (χ1) is 8.18. The number of aromatic amines is 1. The van der Waals surface area contributed by atoms with Gasteiger partial charge in [0.15, 0.2) is 0 Å². The normalized spacial score (nSPS) is 9.88. The van der Waals surface area contributed by atoms with Gasteiger partial charge < -0.3 is 10.2 Å². The van der Waals surface area contributed by atoms with E-state index in [1.165, 1.54) is 21.8 Å². The monoisotopic (exact) mass is 230 g/mol. The topological polar surface area (TPSA) is 79.2 Å². The van der Waals surface area contributed by atoms with Crippen LogP contribution in [0, 0.1) is 10.1 Å². The molecule has 2 N–H and O–H groups in total. The molecule has 0 spiro atoms. The van der Waals surface area contributed by atoms with Gasteiger partial charge in [-0.3, -0.25) is 0 Å². The third-order valence-corrected chi connectivity index (χ3v) is 2.41. The van der Waals surface area contributed by atoms with Gasteiger partial charge >= 0.3 is 0 Å². The van der Waals surface area contributed by atoms with E-state index in [0.717, 1.165) is 0 Å². The van der Waals surface area contributed by atoms with Crippen LogP contribution in [-0.2, 0) is 0 Å². The average molecular weight is 230 g/mol. The van der Waals surface area contributed by atoms with E-state index in [4.69, 9.17) is 15.3 Å². The summed E-state index contributed by atoms with van der Waals surface area (Å²) in [5, 5.41) is 16.2. The van der Waals surface area contributed by atoms with Crippen LogP contribution in [0.3, 0.4) is 0 Å². The van der Waals surface area contributed by atoms with Crippen molar-refractivity contribution in [2.45, 2.75) is 0 Å². The molecule has 86 valence electrons. The highest BCUT2D eigenvalue weighted by Crippen LogP contribution is 2.24. The van der Waals surface area contributed by atoms with Crippen LogP contribution in [0.15, 0.2) is 48.5 Å². The number of nitrogens with zero attached hydrogens (tertiary/aromatic N) is 1. The first kappa shape index (κ1) is 10.9. The molecule has 3 rings (SSSR count). The van der Waals surface area contributed by atoms with Crippen LogP contribution in [0.25, 0.3) is 21.8 Å². The molecule has 0 aliphatic rings. The summed E-state index contributed by atoms with van der Waals surface area (Å²) < 4.78 is 0. The number of benzene rings is 2. The molecule has 0 unspecified atom stereocenters. The van der Waals surface area contributed by atoms with Gasteiger partial charge in [-0.25, -0.2) is 0 Å². The molecule has 0 amide bonds. The van der Waals surface area contributed by atoms with Gasteiger partial charge in [-0.2, -0.15) is 0 Å². The molecular weight excluding hydrogens is 220 g/mol. The van der Waals surface area contributed by atoms with E-state index in [-0.39, 0.29) is 0 Å². The second-order valence-electron chi connectivity index (χ2n) is 3.45. The molecule has 0 bridgehead atoms. The van der Waals surface area contributed by atoms with Gasteiger partial charge in [-0.05, 0) is 12.1 Å². The third kappa shape index (κ3) is 2.34. The average Bonchev–Trinajstić information content (AvgIpc) is 2.66. The van der Waals surface area contributed by atoms with Crippen molar-refractivity contribution in [1.29, 1.82) is 0 Å². The fraction of sp³-hybridized carbons (Fsp3) is 0. The number of hydrogen-bond acceptors (Lipinski definition) is 2. The lowest BCUT2D eigenvalue weighted by Gasteiger charge is -1.87. The first-order valence-corrected chi connectivity index (χ1v) is 4.97. The lowest BCUT2D eigenvalue weighted by molar-refractivity contribution is -0.742. The standard InChI is InChI=1S/C12H9N.HNO3/c1-3-7-11-9(5-1)10-6-2-4-8-12(10)13-11;2-1(3)4/h1-8,13H;(H,2,3,4). The Morgan fingerprint density at radius 1 is 0.941 bits per heavy atom. The van der Waals surface area contributed by atoms with E-state index in [0.29, 0.717) is 0 Å². The van der Waals surface area contributed by atoms with Gasteiger partial charge in [0.1, 0.15) is 0 Å². The number of hydrogen-bond donors (Lipinski definition) is 2. The van der Waals surface area contributed by atoms with Crippen molar-refractivity contribution in [1.82, 2.24) is 4.98 Å². The maximum Gasteiger partial charge on any atom is 0.291 e. The van der Waals surface area contributed by atoms with Crippen LogP contribution in [0.5, 0.6) is 0 Å². The highest BCUT2D eigenvalue weighted by atomic mass is 16.9. The van der Waals surface area contributed by atoms with Crippen molar-refractivity contribution in [3.63, 3.8) is 0 Å². The summed E-state index contributed by atoms with van der Waals surface area (Å²) in [7, 11) is 0. The minimum Gasteiger partial charge on any atom is -0.355 e. The van der Waals surface area contributed by atoms with Crippen LogP contribution < -0.4 is 0 Å². The lowest BCUT2D eigenvalue weighted by atomic mass is 10.2. The van der Waals surface area contributed by atoms with E-state index in [1.54, 1.807) is 0 Å². The summed E-state index contributed by atoms with van der Waals surface area (Å²) in [5.41, 5.74) is 2.42. The van der Waals surface area contributed by atoms with Crippen molar-refractivity contribution in [3.05, 3.63) is 58.6 Å². The van der Waals surface area contributed by atoms with Gasteiger partial charge in [-0.1, -0.05) is 36.4 Å². The van der Waals surface area contributed by atoms with Gasteiger partial charge in [0.25, 0.3) is 5.09 Å². The Morgan fingerprint density at radius 3 is 1.71 bits per heavy atom. The van der Waals surface area contributed by atoms with E-state index < -0.39 is 5.09 Å². The summed E-state index contributed by atoms with van der Waals surface area (Å²) in [6.07, 6.45) is 0. The van der Waals surface area contributed by atoms with Crippen molar-refractivity contribution >= 4 is 21.8 Å². The maximum atomic E-state index is 8.36. The summed E-state index contributed by atoms with van der Waals surface area (Å²) in [6, 6.07) is 16.8. The Labute approximate surface area is 96.4 Å². The summed E-state index contributed by atoms with van der Waals surface area (Å²) in [4.78, 5) is 11.7. The predicted octanol–water partition coefficient (Wildman–Crippen LogP) is 2.97. The zero-order valence-corrected chi connectivity index (χ0v) is 8.83. The van der Waals surface area contributed by atoms with Crippen LogP contribution in [0.2, 0.25) is 0 Å². The molecule has 0 fully saturated rings. The number of H-pyrrole nitrogens is 1. The molecule has 3 aromatic rings. The largest absolute Gasteiger partial charge is 0.355 e. The van der Waals surface area contributed by atoms with E-state index in [2.05, 4.69) is 53.5 Å². The van der Waals surface area contributed by atoms with Crippen molar-refractivity contribution < 1.29 is 10.3 Å². The zero-order chi connectivity index (χ0) is 12.3. The van der Waals surface area contributed by atoms with E-state index in [1.807, 2.05) is 0 Å². The van der Waals surface area contributed by atoms with Crippen molar-refractivity contribution in [3.8, 4) is 0 Å². The zero-order valence-electron chi connectivity index (χ0n) is 8.83. The van der Waals surface area contributed by atoms with E-state index >= 15 is 0 Å². The number of fused-ring (bicyclic) bond motifs is 3. The molecule has 2 aromatic carbocycles. The molecule has 1 heterocycles. The fourth-order valence-corrected chi connectivity index (χ4v) is 1.80. The lowest BCUT2D eigenvalue weighted by Crippen LogP contribution is -1.81. The molecule has 0 aliphatic carbocycles. The Bertz CT molecular complexity index is 606. The number of nitrogens with one attached hydrogen (secondary N) is 1. The summed E-state index contributed by atoms with van der Waals surface area (Å²) >= 11 is 0. The van der Waals surface area contributed by atoms with Crippen LogP contribution in [0.1, 0.15) is 0 Å². The second kappa shape index (κ2) is 4.52. The highest BCUT2D eigenvalue weighted by Gasteiger charge is 2.00. The quantitative estimate of drug-likeness (QED) is 0.460. The molecule has 1 aromatic heterocycles. The highest BCUT2D eigenvalue weighted by molar-refractivity contribution is 6.06. The predicted molar refractivity (Wildman–Crippen MR) is 64.6 cm³/mol. The van der Waals surface area contributed by atoms with Gasteiger partial charge in [-0.15, -0.1) is 10.1 Å². The Balaban J connectivity index is 0.000000239. The van der Waals surface area contributed by atoms with Crippen LogP contribution >= 0.6 is 0 Å². The molecule has 5 heteroatoms. The van der Waals surface area contributed by atoms with Gasteiger partial charge in [0.05, 0.1) is 0 Å². The minimum atomic E-state index is -1.50. The van der Waals surface area contributed by atoms with Crippen LogP contribution in [0.4, 0.5) is 0 Å². The molecule has 0 aliphatic heterocycles. The smallest absolute Gasteiger partial charge is 0.291 e. The maximum absolute atomic E-state index is 8.36. The summed E-state index contributed by atoms with van der Waals surface area (Å²) in [6.45, 7) is 0. The first-order valence-electron chi connectivity index (χ1n) is 4.97. The van der Waals surface area contributed by atoms with Crippen molar-refractivity contribution in [2.24, 2.45) is 0 Å². The second-order valence-corrected chi connectivity index (χ2v) is 3.45. The Kier molecular flexibility index (Phi) is 2.91. The number of aromatic nitrogens is 1. The molecule has 5 nitrogen and oxygen atoms in total. The molecule has 0 saturated carbocycles. The Hall–Kier alpha value is -2.56. The number of rotatable bonds is 0. The van der Waals surface area contributed by atoms with Gasteiger partial charge in [0, 0.05) is 21.8 Å². The molecule has 0 radical (unpaired) electrons. The minimum absolute atomic E-state index is 1.21. The molecule has 0 atom stereocenters. The van der Waals surface area contributed by atoms with Crippen molar-refractivity contribution in [2.75, 3.05) is 0 Å².